The van der Waals surface area contributed by atoms with Crippen molar-refractivity contribution in [3.63, 3.8) is 0 Å². The minimum atomic E-state index is -2.72. The van der Waals surface area contributed by atoms with Gasteiger partial charge >= 0.3 is 0 Å². The molecule has 84 valence electrons. The number of nitrogens with one attached hydrogen (secondary N) is 1. The van der Waals surface area contributed by atoms with Gasteiger partial charge in [0, 0.05) is 13.0 Å². The predicted molar refractivity (Wildman–Crippen MR) is 54.0 cm³/mol. The van der Waals surface area contributed by atoms with Crippen LogP contribution < -0.4 is 5.32 Å². The van der Waals surface area contributed by atoms with Gasteiger partial charge in [-0.1, -0.05) is 12.1 Å². The molecule has 1 unspecified atom stereocenters. The standard InChI is InChI=1S/C10H10F3N.ClH/c11-8-3-1-7(2-4-8)9-10(12,13)5-6-14-9;/h1-4,9,14H,5-6H2;1H. The Morgan fingerprint density at radius 1 is 1.20 bits per heavy atom. The van der Waals surface area contributed by atoms with Gasteiger partial charge in [0.05, 0.1) is 6.04 Å². The maximum atomic E-state index is 13.2. The Morgan fingerprint density at radius 2 is 1.80 bits per heavy atom. The Balaban J connectivity index is 0.00000112. The van der Waals surface area contributed by atoms with Gasteiger partial charge in [0.15, 0.2) is 0 Å². The third kappa shape index (κ3) is 2.44. The molecule has 0 aromatic heterocycles. The molecule has 0 aliphatic carbocycles. The molecule has 1 aliphatic rings. The smallest absolute Gasteiger partial charge is 0.268 e. The number of benzene rings is 1. The molecule has 1 aromatic carbocycles. The molecule has 15 heavy (non-hydrogen) atoms. The van der Waals surface area contributed by atoms with Gasteiger partial charge < -0.3 is 5.32 Å². The number of halogens is 4. The summed E-state index contributed by atoms with van der Waals surface area (Å²) in [7, 11) is 0. The van der Waals surface area contributed by atoms with Gasteiger partial charge in [0.2, 0.25) is 0 Å². The molecular weight excluding hydrogens is 227 g/mol. The molecule has 1 atom stereocenters. The normalized spacial score (nSPS) is 23.5. The molecule has 1 nitrogen and oxygen atoms in total. The van der Waals surface area contributed by atoms with Crippen molar-refractivity contribution in [2.24, 2.45) is 0 Å². The fourth-order valence-corrected chi connectivity index (χ4v) is 1.69. The highest BCUT2D eigenvalue weighted by atomic mass is 35.5. The van der Waals surface area contributed by atoms with Gasteiger partial charge in [-0.3, -0.25) is 0 Å². The van der Waals surface area contributed by atoms with Crippen LogP contribution in [0.25, 0.3) is 0 Å². The van der Waals surface area contributed by atoms with E-state index in [2.05, 4.69) is 5.32 Å². The van der Waals surface area contributed by atoms with Crippen LogP contribution in [0.5, 0.6) is 0 Å². The van der Waals surface area contributed by atoms with Crippen molar-refractivity contribution in [2.75, 3.05) is 6.54 Å². The molecule has 0 spiro atoms. The fourth-order valence-electron chi connectivity index (χ4n) is 1.69. The summed E-state index contributed by atoms with van der Waals surface area (Å²) in [6, 6.07) is 4.22. The summed E-state index contributed by atoms with van der Waals surface area (Å²) in [5.74, 6) is -3.13. The predicted octanol–water partition coefficient (Wildman–Crippen LogP) is 2.92. The third-order valence-electron chi connectivity index (χ3n) is 2.43. The summed E-state index contributed by atoms with van der Waals surface area (Å²) in [4.78, 5) is 0. The molecule has 0 radical (unpaired) electrons. The molecule has 1 saturated heterocycles. The molecule has 2 rings (SSSR count). The monoisotopic (exact) mass is 237 g/mol. The van der Waals surface area contributed by atoms with E-state index in [9.17, 15) is 13.2 Å². The Hall–Kier alpha value is -0.740. The van der Waals surface area contributed by atoms with Gasteiger partial charge in [-0.2, -0.15) is 0 Å². The van der Waals surface area contributed by atoms with Crippen molar-refractivity contribution in [3.05, 3.63) is 35.6 Å². The van der Waals surface area contributed by atoms with Crippen molar-refractivity contribution >= 4 is 12.4 Å². The summed E-state index contributed by atoms with van der Waals surface area (Å²) in [6.45, 7) is 0.301. The summed E-state index contributed by atoms with van der Waals surface area (Å²) in [5, 5.41) is 2.71. The maximum absolute atomic E-state index is 13.2. The van der Waals surface area contributed by atoms with Crippen LogP contribution in [0.1, 0.15) is 18.0 Å². The summed E-state index contributed by atoms with van der Waals surface area (Å²) < 4.78 is 39.0. The lowest BCUT2D eigenvalue weighted by atomic mass is 10.0. The van der Waals surface area contributed by atoms with Gasteiger partial charge in [0.1, 0.15) is 5.82 Å². The SMILES string of the molecule is Cl.Fc1ccc(C2NCCC2(F)F)cc1. The van der Waals surface area contributed by atoms with Crippen LogP contribution in [-0.4, -0.2) is 12.5 Å². The van der Waals surface area contributed by atoms with Gasteiger partial charge in [-0.25, -0.2) is 13.2 Å². The first-order valence-electron chi connectivity index (χ1n) is 4.46. The first-order chi connectivity index (χ1) is 6.59. The lowest BCUT2D eigenvalue weighted by Crippen LogP contribution is -2.26. The Kier molecular flexibility index (Phi) is 3.62. The summed E-state index contributed by atoms with van der Waals surface area (Å²) in [5.41, 5.74) is 0.439. The van der Waals surface area contributed by atoms with Crippen molar-refractivity contribution in [2.45, 2.75) is 18.4 Å². The molecule has 1 N–H and O–H groups in total. The summed E-state index contributed by atoms with van der Waals surface area (Å²) >= 11 is 0. The van der Waals surface area contributed by atoms with E-state index in [-0.39, 0.29) is 18.8 Å². The number of rotatable bonds is 1. The lowest BCUT2D eigenvalue weighted by Gasteiger charge is -2.18. The highest BCUT2D eigenvalue weighted by Gasteiger charge is 2.44. The second kappa shape index (κ2) is 4.41. The molecule has 0 saturated carbocycles. The van der Waals surface area contributed by atoms with Crippen molar-refractivity contribution in [1.82, 2.24) is 5.32 Å². The molecule has 1 fully saturated rings. The first-order valence-corrected chi connectivity index (χ1v) is 4.46. The van der Waals surface area contributed by atoms with E-state index in [1.54, 1.807) is 0 Å². The molecular formula is C10H11ClF3N. The van der Waals surface area contributed by atoms with Gasteiger partial charge in [-0.15, -0.1) is 12.4 Å². The molecule has 5 heteroatoms. The van der Waals surface area contributed by atoms with Gasteiger partial charge in [-0.05, 0) is 17.7 Å². The zero-order chi connectivity index (χ0) is 10.2. The molecule has 0 bridgehead atoms. The number of hydrogen-bond acceptors (Lipinski definition) is 1. The van der Waals surface area contributed by atoms with E-state index in [0.29, 0.717) is 12.1 Å². The molecule has 1 aliphatic heterocycles. The van der Waals surface area contributed by atoms with E-state index < -0.39 is 17.8 Å². The number of hydrogen-bond donors (Lipinski definition) is 1. The topological polar surface area (TPSA) is 12.0 Å². The van der Waals surface area contributed by atoms with Crippen LogP contribution in [0.3, 0.4) is 0 Å². The minimum Gasteiger partial charge on any atom is -0.305 e. The van der Waals surface area contributed by atoms with E-state index in [4.69, 9.17) is 0 Å². The zero-order valence-corrected chi connectivity index (χ0v) is 8.66. The Morgan fingerprint density at radius 3 is 2.27 bits per heavy atom. The fraction of sp³-hybridized carbons (Fsp3) is 0.400. The quantitative estimate of drug-likeness (QED) is 0.792. The molecule has 1 aromatic rings. The van der Waals surface area contributed by atoms with E-state index in [1.807, 2.05) is 0 Å². The van der Waals surface area contributed by atoms with Crippen LogP contribution in [0, 0.1) is 5.82 Å². The average Bonchev–Trinajstić information content (AvgIpc) is 2.47. The second-order valence-electron chi connectivity index (χ2n) is 3.45. The van der Waals surface area contributed by atoms with Gasteiger partial charge in [0.25, 0.3) is 5.92 Å². The number of alkyl halides is 2. The molecule has 0 amide bonds. The van der Waals surface area contributed by atoms with Crippen LogP contribution in [0.4, 0.5) is 13.2 Å². The van der Waals surface area contributed by atoms with Crippen LogP contribution >= 0.6 is 12.4 Å². The lowest BCUT2D eigenvalue weighted by molar-refractivity contribution is -0.0117. The van der Waals surface area contributed by atoms with E-state index in [1.165, 1.54) is 24.3 Å². The van der Waals surface area contributed by atoms with E-state index >= 15 is 0 Å². The highest BCUT2D eigenvalue weighted by molar-refractivity contribution is 5.85. The zero-order valence-electron chi connectivity index (χ0n) is 7.84. The highest BCUT2D eigenvalue weighted by Crippen LogP contribution is 2.37. The van der Waals surface area contributed by atoms with Crippen molar-refractivity contribution in [3.8, 4) is 0 Å². The Bertz CT molecular complexity index is 326. The van der Waals surface area contributed by atoms with E-state index in [0.717, 1.165) is 0 Å². The van der Waals surface area contributed by atoms with Crippen LogP contribution in [-0.2, 0) is 0 Å². The average molecular weight is 238 g/mol. The van der Waals surface area contributed by atoms with Crippen molar-refractivity contribution in [1.29, 1.82) is 0 Å². The maximum Gasteiger partial charge on any atom is 0.268 e. The second-order valence-corrected chi connectivity index (χ2v) is 3.45. The van der Waals surface area contributed by atoms with Crippen LogP contribution in [0.2, 0.25) is 0 Å². The largest absolute Gasteiger partial charge is 0.305 e. The first kappa shape index (κ1) is 12.3. The third-order valence-corrected chi connectivity index (χ3v) is 2.43. The minimum absolute atomic E-state index is 0. The van der Waals surface area contributed by atoms with Crippen LogP contribution in [0.15, 0.2) is 24.3 Å². The summed E-state index contributed by atoms with van der Waals surface area (Å²) in [6.07, 6.45) is -0.158. The molecule has 1 heterocycles. The van der Waals surface area contributed by atoms with Crippen molar-refractivity contribution < 1.29 is 13.2 Å². The Labute approximate surface area is 92.1 Å².